The number of carbonyl (C=O) groups is 2. The fraction of sp³-hybridized carbons (Fsp3) is 0.667. The smallest absolute Gasteiger partial charge is 0.272 e. The van der Waals surface area contributed by atoms with E-state index in [9.17, 15) is 9.59 Å². The third kappa shape index (κ3) is 3.11. The molecule has 4 fully saturated rings. The minimum absolute atomic E-state index is 0.0700. The molecular formula is C21H27N7O2. The van der Waals surface area contributed by atoms with E-state index in [4.69, 9.17) is 0 Å². The number of carbonyl (C=O) groups excluding carboxylic acids is 2. The Morgan fingerprint density at radius 3 is 2.33 bits per heavy atom. The van der Waals surface area contributed by atoms with E-state index >= 15 is 0 Å². The largest absolute Gasteiger partial charge is 0.353 e. The van der Waals surface area contributed by atoms with Gasteiger partial charge in [0, 0.05) is 36.0 Å². The van der Waals surface area contributed by atoms with Crippen LogP contribution in [0.5, 0.6) is 0 Å². The number of hydrogen-bond donors (Lipinski definition) is 2. The van der Waals surface area contributed by atoms with Crippen molar-refractivity contribution in [2.24, 2.45) is 5.92 Å². The Hall–Kier alpha value is -2.71. The molecule has 2 N–H and O–H groups in total. The predicted molar refractivity (Wildman–Crippen MR) is 106 cm³/mol. The van der Waals surface area contributed by atoms with Gasteiger partial charge in [0.1, 0.15) is 24.2 Å². The molecule has 2 aliphatic heterocycles. The first kappa shape index (κ1) is 18.1. The van der Waals surface area contributed by atoms with E-state index in [1.165, 1.54) is 12.8 Å². The number of nitrogens with zero attached hydrogens (tertiary/aromatic N) is 5. The summed E-state index contributed by atoms with van der Waals surface area (Å²) in [7, 11) is 0. The molecule has 1 unspecified atom stereocenters. The maximum absolute atomic E-state index is 13.1. The molecule has 2 aliphatic carbocycles. The van der Waals surface area contributed by atoms with Crippen molar-refractivity contribution in [2.45, 2.75) is 81.5 Å². The van der Waals surface area contributed by atoms with Crippen LogP contribution in [0.3, 0.4) is 0 Å². The van der Waals surface area contributed by atoms with Gasteiger partial charge in [-0.05, 0) is 51.4 Å². The third-order valence-electron chi connectivity index (χ3n) is 7.45. The summed E-state index contributed by atoms with van der Waals surface area (Å²) in [6.07, 6.45) is 12.9. The number of rotatable bonds is 5. The maximum atomic E-state index is 13.1. The Labute approximate surface area is 174 Å². The summed E-state index contributed by atoms with van der Waals surface area (Å²) in [5.41, 5.74) is 0.616. The highest BCUT2D eigenvalue weighted by Gasteiger charge is 2.45. The van der Waals surface area contributed by atoms with Gasteiger partial charge >= 0.3 is 0 Å². The van der Waals surface area contributed by atoms with Gasteiger partial charge < -0.3 is 19.8 Å². The van der Waals surface area contributed by atoms with Crippen LogP contribution in [-0.4, -0.2) is 59.6 Å². The Morgan fingerprint density at radius 2 is 1.67 bits per heavy atom. The van der Waals surface area contributed by atoms with E-state index in [0.29, 0.717) is 17.7 Å². The Kier molecular flexibility index (Phi) is 4.17. The van der Waals surface area contributed by atoms with Crippen LogP contribution in [0.2, 0.25) is 0 Å². The molecule has 3 atom stereocenters. The third-order valence-corrected chi connectivity index (χ3v) is 7.45. The number of aromatic nitrogens is 5. The first-order valence-electron chi connectivity index (χ1n) is 11.2. The van der Waals surface area contributed by atoms with Gasteiger partial charge in [-0.3, -0.25) is 9.59 Å². The second-order valence-electron chi connectivity index (χ2n) is 9.46. The van der Waals surface area contributed by atoms with Crippen LogP contribution in [0.4, 0.5) is 0 Å². The summed E-state index contributed by atoms with van der Waals surface area (Å²) in [6, 6.07) is 0.916. The van der Waals surface area contributed by atoms with Crippen LogP contribution in [0.25, 0.3) is 0 Å². The molecule has 2 saturated heterocycles. The molecule has 158 valence electrons. The van der Waals surface area contributed by atoms with Gasteiger partial charge in [-0.25, -0.2) is 4.98 Å². The van der Waals surface area contributed by atoms with Crippen molar-refractivity contribution in [3.8, 4) is 0 Å². The monoisotopic (exact) mass is 409 g/mol. The summed E-state index contributed by atoms with van der Waals surface area (Å²) >= 11 is 0. The van der Waals surface area contributed by atoms with E-state index in [0.717, 1.165) is 44.3 Å². The molecule has 2 saturated carbocycles. The second kappa shape index (κ2) is 6.92. The van der Waals surface area contributed by atoms with E-state index in [1.807, 2.05) is 4.57 Å². The molecule has 2 aromatic heterocycles. The van der Waals surface area contributed by atoms with Gasteiger partial charge in [0.2, 0.25) is 5.91 Å². The molecule has 0 radical (unpaired) electrons. The lowest BCUT2D eigenvalue weighted by molar-refractivity contribution is -0.129. The van der Waals surface area contributed by atoms with Gasteiger partial charge in [-0.2, -0.15) is 0 Å². The molecule has 2 aromatic rings. The molecule has 4 aliphatic rings. The molecule has 4 heterocycles. The molecule has 9 nitrogen and oxygen atoms in total. The first-order valence-corrected chi connectivity index (χ1v) is 11.2. The zero-order valence-electron chi connectivity index (χ0n) is 16.9. The summed E-state index contributed by atoms with van der Waals surface area (Å²) in [6.45, 7) is 0. The Bertz CT molecular complexity index is 930. The fourth-order valence-electron chi connectivity index (χ4n) is 5.54. The molecule has 2 bridgehead atoms. The van der Waals surface area contributed by atoms with Crippen LogP contribution >= 0.6 is 0 Å². The van der Waals surface area contributed by atoms with Gasteiger partial charge in [0.25, 0.3) is 5.91 Å². The Balaban J connectivity index is 1.05. The summed E-state index contributed by atoms with van der Waals surface area (Å²) in [5.74, 6) is 1.77. The number of nitrogens with one attached hydrogen (secondary N) is 2. The van der Waals surface area contributed by atoms with E-state index in [2.05, 4.69) is 30.4 Å². The normalized spacial score (nSPS) is 32.7. The summed E-state index contributed by atoms with van der Waals surface area (Å²) in [5, 5.41) is 11.0. The zero-order chi connectivity index (χ0) is 20.2. The van der Waals surface area contributed by atoms with E-state index < -0.39 is 0 Å². The van der Waals surface area contributed by atoms with Crippen molar-refractivity contribution < 1.29 is 9.59 Å². The quantitative estimate of drug-likeness (QED) is 0.782. The highest BCUT2D eigenvalue weighted by atomic mass is 16.2. The summed E-state index contributed by atoms with van der Waals surface area (Å²) < 4.78 is 1.98. The van der Waals surface area contributed by atoms with Crippen molar-refractivity contribution in [3.05, 3.63) is 30.4 Å². The number of amides is 2. The molecule has 30 heavy (non-hydrogen) atoms. The molecule has 0 spiro atoms. The number of aromatic amines is 1. The average molecular weight is 409 g/mol. The van der Waals surface area contributed by atoms with Gasteiger partial charge in [-0.15, -0.1) is 10.2 Å². The van der Waals surface area contributed by atoms with E-state index in [1.54, 1.807) is 18.9 Å². The first-order chi connectivity index (χ1) is 14.7. The Morgan fingerprint density at radius 1 is 0.967 bits per heavy atom. The van der Waals surface area contributed by atoms with Crippen molar-refractivity contribution in [1.82, 2.24) is 34.9 Å². The highest BCUT2D eigenvalue weighted by Crippen LogP contribution is 2.41. The molecule has 6 rings (SSSR count). The minimum Gasteiger partial charge on any atom is -0.353 e. The fourth-order valence-corrected chi connectivity index (χ4v) is 5.54. The molecular weight excluding hydrogens is 382 g/mol. The standard InChI is InChI=1S/C21H27N7O2/c29-20(13-5-17(6-13)27-10-23-24-11-27)25-14-7-15-3-4-16(8-14)28(15)21(30)18-9-22-19(26-18)12-1-2-12/h9-17H,1-8H2,(H,22,26)(H,25,29)/t13?,14?,15-,16+,17?. The lowest BCUT2D eigenvalue weighted by Crippen LogP contribution is -2.54. The van der Waals surface area contributed by atoms with Crippen molar-refractivity contribution in [2.75, 3.05) is 0 Å². The van der Waals surface area contributed by atoms with Crippen LogP contribution in [0.15, 0.2) is 18.9 Å². The summed E-state index contributed by atoms with van der Waals surface area (Å²) in [4.78, 5) is 35.5. The molecule has 0 aromatic carbocycles. The van der Waals surface area contributed by atoms with Gasteiger partial charge in [-0.1, -0.05) is 0 Å². The van der Waals surface area contributed by atoms with Crippen molar-refractivity contribution in [1.29, 1.82) is 0 Å². The number of imidazole rings is 1. The maximum Gasteiger partial charge on any atom is 0.272 e. The number of hydrogen-bond acceptors (Lipinski definition) is 5. The predicted octanol–water partition coefficient (Wildman–Crippen LogP) is 1.78. The lowest BCUT2D eigenvalue weighted by Gasteiger charge is -2.40. The van der Waals surface area contributed by atoms with Gasteiger partial charge in [0.15, 0.2) is 0 Å². The number of H-pyrrole nitrogens is 1. The SMILES string of the molecule is O=C(NC1C[C@H]2CC[C@@H](C1)N2C(=O)c1cnc(C2CC2)[nH]1)C1CC(n2cnnc2)C1. The minimum atomic E-state index is 0.0700. The molecule has 9 heteroatoms. The molecule has 2 amide bonds. The average Bonchev–Trinajstić information content (AvgIpc) is 3.10. The lowest BCUT2D eigenvalue weighted by atomic mass is 9.79. The van der Waals surface area contributed by atoms with Crippen LogP contribution in [0.1, 0.15) is 79.6 Å². The highest BCUT2D eigenvalue weighted by molar-refractivity contribution is 5.93. The van der Waals surface area contributed by atoms with Gasteiger partial charge in [0.05, 0.1) is 6.20 Å². The van der Waals surface area contributed by atoms with Crippen molar-refractivity contribution >= 4 is 11.8 Å². The number of fused-ring (bicyclic) bond motifs is 2. The number of piperidine rings is 1. The second-order valence-corrected chi connectivity index (χ2v) is 9.46. The van der Waals surface area contributed by atoms with Crippen LogP contribution in [0, 0.1) is 5.92 Å². The van der Waals surface area contributed by atoms with Crippen molar-refractivity contribution in [3.63, 3.8) is 0 Å². The topological polar surface area (TPSA) is 109 Å². The van der Waals surface area contributed by atoms with Crippen LogP contribution in [-0.2, 0) is 4.79 Å². The van der Waals surface area contributed by atoms with E-state index in [-0.39, 0.29) is 35.9 Å². The zero-order valence-corrected chi connectivity index (χ0v) is 16.9. The van der Waals surface area contributed by atoms with Crippen LogP contribution < -0.4 is 5.32 Å².